The van der Waals surface area contributed by atoms with E-state index in [1.165, 1.54) is 12.4 Å². The van der Waals surface area contributed by atoms with Crippen LogP contribution in [0, 0.1) is 6.92 Å². The summed E-state index contributed by atoms with van der Waals surface area (Å²) in [5.41, 5.74) is 9.24. The normalized spacial score (nSPS) is 11.5. The average molecular weight is 486 g/mol. The summed E-state index contributed by atoms with van der Waals surface area (Å²) in [6.07, 6.45) is 6.58. The van der Waals surface area contributed by atoms with Crippen molar-refractivity contribution in [1.82, 2.24) is 29.3 Å². The lowest BCUT2D eigenvalue weighted by Crippen LogP contribution is -2.06. The second kappa shape index (κ2) is 10.0. The standard InChI is InChI=1S/C22H21Cl2N7O2/c1-14-16(20(24)31(29-14)11-15-5-2-3-6-17(15)23)7-8-18(32)33-10-4-9-30-13-28-19-21(25)26-12-27-22(19)30/h2-3,5-8,12-13H,4,9-11H2,1H3,(H2,25,26,27)/b8-7+. The number of aryl methyl sites for hydroxylation is 2. The number of carbonyl (C=O) groups excluding carboxylic acids is 1. The molecule has 0 saturated heterocycles. The van der Waals surface area contributed by atoms with Gasteiger partial charge in [-0.1, -0.05) is 41.4 Å². The van der Waals surface area contributed by atoms with Crippen LogP contribution >= 0.6 is 23.2 Å². The lowest BCUT2D eigenvalue weighted by atomic mass is 10.2. The molecule has 0 atom stereocenters. The number of hydrogen-bond acceptors (Lipinski definition) is 7. The Morgan fingerprint density at radius 1 is 1.21 bits per heavy atom. The highest BCUT2D eigenvalue weighted by Gasteiger charge is 2.13. The molecule has 0 aliphatic heterocycles. The molecule has 0 aliphatic rings. The second-order valence-electron chi connectivity index (χ2n) is 7.26. The third-order valence-corrected chi connectivity index (χ3v) is 5.76. The van der Waals surface area contributed by atoms with E-state index in [9.17, 15) is 4.79 Å². The summed E-state index contributed by atoms with van der Waals surface area (Å²) in [7, 11) is 0. The third-order valence-electron chi connectivity index (χ3n) is 4.99. The van der Waals surface area contributed by atoms with Crippen molar-refractivity contribution in [3.63, 3.8) is 0 Å². The van der Waals surface area contributed by atoms with E-state index in [1.54, 1.807) is 17.1 Å². The van der Waals surface area contributed by atoms with Crippen LogP contribution in [0.25, 0.3) is 17.2 Å². The fourth-order valence-corrected chi connectivity index (χ4v) is 3.81. The van der Waals surface area contributed by atoms with E-state index in [0.29, 0.717) is 57.9 Å². The van der Waals surface area contributed by atoms with Gasteiger partial charge in [0.05, 0.1) is 25.2 Å². The van der Waals surface area contributed by atoms with Gasteiger partial charge in [-0.25, -0.2) is 24.4 Å². The molecule has 0 spiro atoms. The molecular weight excluding hydrogens is 465 g/mol. The number of ether oxygens (including phenoxy) is 1. The summed E-state index contributed by atoms with van der Waals surface area (Å²) in [6, 6.07) is 7.50. The summed E-state index contributed by atoms with van der Waals surface area (Å²) in [5.74, 6) is -0.133. The molecule has 33 heavy (non-hydrogen) atoms. The van der Waals surface area contributed by atoms with E-state index in [2.05, 4.69) is 20.1 Å². The van der Waals surface area contributed by atoms with Crippen LogP contribution in [0.15, 0.2) is 43.0 Å². The minimum atomic E-state index is -0.466. The zero-order valence-electron chi connectivity index (χ0n) is 17.8. The number of nitrogen functional groups attached to an aromatic ring is 1. The topological polar surface area (TPSA) is 114 Å². The summed E-state index contributed by atoms with van der Waals surface area (Å²) >= 11 is 12.7. The smallest absolute Gasteiger partial charge is 0.330 e. The second-order valence-corrected chi connectivity index (χ2v) is 8.03. The number of anilines is 1. The molecule has 3 heterocycles. The highest BCUT2D eigenvalue weighted by atomic mass is 35.5. The first-order valence-corrected chi connectivity index (χ1v) is 10.9. The van der Waals surface area contributed by atoms with Crippen LogP contribution in [0.3, 0.4) is 0 Å². The number of carbonyl (C=O) groups is 1. The molecule has 170 valence electrons. The maximum absolute atomic E-state index is 12.1. The van der Waals surface area contributed by atoms with E-state index < -0.39 is 5.97 Å². The first-order valence-electron chi connectivity index (χ1n) is 10.2. The number of nitrogens with two attached hydrogens (primary N) is 1. The largest absolute Gasteiger partial charge is 0.462 e. The minimum Gasteiger partial charge on any atom is -0.462 e. The van der Waals surface area contributed by atoms with Gasteiger partial charge >= 0.3 is 5.97 Å². The van der Waals surface area contributed by atoms with Crippen molar-refractivity contribution in [1.29, 1.82) is 0 Å². The number of benzene rings is 1. The van der Waals surface area contributed by atoms with Gasteiger partial charge in [-0.05, 0) is 31.1 Å². The molecule has 0 fully saturated rings. The van der Waals surface area contributed by atoms with Gasteiger partial charge in [-0.15, -0.1) is 0 Å². The first-order chi connectivity index (χ1) is 15.9. The first kappa shape index (κ1) is 22.8. The zero-order valence-corrected chi connectivity index (χ0v) is 19.3. The Bertz CT molecular complexity index is 1330. The number of aromatic nitrogens is 6. The summed E-state index contributed by atoms with van der Waals surface area (Å²) in [4.78, 5) is 24.5. The van der Waals surface area contributed by atoms with Crippen LogP contribution in [0.2, 0.25) is 10.2 Å². The van der Waals surface area contributed by atoms with Gasteiger partial charge in [0.1, 0.15) is 17.0 Å². The number of hydrogen-bond donors (Lipinski definition) is 1. The van der Waals surface area contributed by atoms with E-state index >= 15 is 0 Å². The van der Waals surface area contributed by atoms with E-state index in [-0.39, 0.29) is 6.61 Å². The molecule has 4 aromatic rings. The Morgan fingerprint density at radius 2 is 2.03 bits per heavy atom. The highest BCUT2D eigenvalue weighted by Crippen LogP contribution is 2.24. The van der Waals surface area contributed by atoms with Crippen molar-refractivity contribution in [2.75, 3.05) is 12.3 Å². The number of esters is 1. The van der Waals surface area contributed by atoms with E-state index in [4.69, 9.17) is 33.7 Å². The van der Waals surface area contributed by atoms with Crippen LogP contribution in [-0.2, 0) is 22.6 Å². The maximum Gasteiger partial charge on any atom is 0.330 e. The number of rotatable bonds is 8. The van der Waals surface area contributed by atoms with Crippen LogP contribution in [0.5, 0.6) is 0 Å². The van der Waals surface area contributed by atoms with Gasteiger partial charge in [0.15, 0.2) is 11.5 Å². The fourth-order valence-electron chi connectivity index (χ4n) is 3.32. The Morgan fingerprint density at radius 3 is 2.85 bits per heavy atom. The molecule has 0 unspecified atom stereocenters. The molecule has 0 bridgehead atoms. The van der Waals surface area contributed by atoms with Crippen LogP contribution < -0.4 is 5.73 Å². The Balaban J connectivity index is 1.31. The van der Waals surface area contributed by atoms with Crippen LogP contribution in [0.4, 0.5) is 5.82 Å². The van der Waals surface area contributed by atoms with Crippen molar-refractivity contribution in [2.24, 2.45) is 0 Å². The predicted octanol–water partition coefficient (Wildman–Crippen LogP) is 3.92. The van der Waals surface area contributed by atoms with Gasteiger partial charge in [-0.3, -0.25) is 0 Å². The molecule has 9 nitrogen and oxygen atoms in total. The number of nitrogens with zero attached hydrogens (tertiary/aromatic N) is 6. The molecule has 0 saturated carbocycles. The fraction of sp³-hybridized carbons (Fsp3) is 0.227. The molecule has 11 heteroatoms. The molecule has 3 aromatic heterocycles. The van der Waals surface area contributed by atoms with Crippen molar-refractivity contribution in [3.8, 4) is 0 Å². The van der Waals surface area contributed by atoms with Crippen molar-refractivity contribution in [3.05, 3.63) is 70.0 Å². The van der Waals surface area contributed by atoms with Crippen LogP contribution in [0.1, 0.15) is 23.2 Å². The van der Waals surface area contributed by atoms with E-state index in [0.717, 1.165) is 5.56 Å². The Kier molecular flexibility index (Phi) is 6.90. The van der Waals surface area contributed by atoms with Crippen molar-refractivity contribution in [2.45, 2.75) is 26.4 Å². The average Bonchev–Trinajstić information content (AvgIpc) is 3.33. The summed E-state index contributed by atoms with van der Waals surface area (Å²) in [6.45, 7) is 3.06. The molecule has 2 N–H and O–H groups in total. The zero-order chi connectivity index (χ0) is 23.4. The molecule has 4 rings (SSSR count). The van der Waals surface area contributed by atoms with Crippen molar-refractivity contribution < 1.29 is 9.53 Å². The molecule has 1 aromatic carbocycles. The SMILES string of the molecule is Cc1nn(Cc2ccccc2Cl)c(Cl)c1/C=C/C(=O)OCCCn1cnc2c(N)ncnc21. The summed E-state index contributed by atoms with van der Waals surface area (Å²) < 4.78 is 8.78. The van der Waals surface area contributed by atoms with E-state index in [1.807, 2.05) is 35.8 Å². The molecule has 0 amide bonds. The monoisotopic (exact) mass is 485 g/mol. The van der Waals surface area contributed by atoms with Gasteiger partial charge in [0, 0.05) is 23.2 Å². The lowest BCUT2D eigenvalue weighted by Gasteiger charge is -2.05. The third kappa shape index (κ3) is 5.15. The van der Waals surface area contributed by atoms with Gasteiger partial charge in [-0.2, -0.15) is 5.10 Å². The van der Waals surface area contributed by atoms with Gasteiger partial charge < -0.3 is 15.0 Å². The van der Waals surface area contributed by atoms with Crippen molar-refractivity contribution >= 4 is 52.2 Å². The highest BCUT2D eigenvalue weighted by molar-refractivity contribution is 6.32. The predicted molar refractivity (Wildman–Crippen MR) is 127 cm³/mol. The molecule has 0 aliphatic carbocycles. The minimum absolute atomic E-state index is 0.238. The number of fused-ring (bicyclic) bond motifs is 1. The lowest BCUT2D eigenvalue weighted by molar-refractivity contribution is -0.137. The number of halogens is 2. The summed E-state index contributed by atoms with van der Waals surface area (Å²) in [5, 5.41) is 5.52. The Hall–Kier alpha value is -3.43. The van der Waals surface area contributed by atoms with Gasteiger partial charge in [0.2, 0.25) is 0 Å². The molecule has 0 radical (unpaired) electrons. The van der Waals surface area contributed by atoms with Crippen LogP contribution in [-0.4, -0.2) is 41.9 Å². The maximum atomic E-state index is 12.1. The molecular formula is C22H21Cl2N7O2. The number of imidazole rings is 1. The quantitative estimate of drug-likeness (QED) is 0.228. The Labute approximate surface area is 199 Å². The van der Waals surface area contributed by atoms with Gasteiger partial charge in [0.25, 0.3) is 0 Å².